The van der Waals surface area contributed by atoms with E-state index in [-0.39, 0.29) is 17.2 Å². The molecule has 0 bridgehead atoms. The Morgan fingerprint density at radius 2 is 1.59 bits per heavy atom. The Bertz CT molecular complexity index is 992. The molecule has 37 heavy (non-hydrogen) atoms. The maximum absolute atomic E-state index is 13.2. The predicted octanol–water partition coefficient (Wildman–Crippen LogP) is 5.86. The van der Waals surface area contributed by atoms with Crippen molar-refractivity contribution in [1.82, 2.24) is 9.80 Å². The molecular weight excluding hydrogens is 483 g/mol. The molecular formula is C30H43FN4OS. The van der Waals surface area contributed by atoms with Crippen molar-refractivity contribution in [2.75, 3.05) is 62.0 Å². The highest BCUT2D eigenvalue weighted by molar-refractivity contribution is 7.99. The van der Waals surface area contributed by atoms with Crippen LogP contribution < -0.4 is 10.2 Å². The summed E-state index contributed by atoms with van der Waals surface area (Å²) in [6, 6.07) is 16.9. The fourth-order valence-electron chi connectivity index (χ4n) is 5.33. The molecule has 1 unspecified atom stereocenters. The van der Waals surface area contributed by atoms with Crippen LogP contribution >= 0.6 is 11.8 Å². The largest absolute Gasteiger partial charge is 0.382 e. The Morgan fingerprint density at radius 1 is 0.973 bits per heavy atom. The number of piperidine rings is 1. The third-order valence-electron chi connectivity index (χ3n) is 7.68. The molecule has 1 atom stereocenters. The van der Waals surface area contributed by atoms with Gasteiger partial charge >= 0.3 is 0 Å². The average molecular weight is 527 g/mol. The number of benzene rings is 2. The number of hydrogen-bond acceptors (Lipinski definition) is 5. The van der Waals surface area contributed by atoms with Gasteiger partial charge in [0.25, 0.3) is 0 Å². The van der Waals surface area contributed by atoms with E-state index in [1.165, 1.54) is 23.0 Å². The maximum Gasteiger partial charge on any atom is 0.226 e. The molecule has 202 valence electrons. The first-order valence-corrected chi connectivity index (χ1v) is 14.6. The lowest BCUT2D eigenvalue weighted by molar-refractivity contribution is -0.136. The first-order valence-electron chi connectivity index (χ1n) is 13.6. The van der Waals surface area contributed by atoms with E-state index in [2.05, 4.69) is 72.0 Å². The van der Waals surface area contributed by atoms with Gasteiger partial charge in [0, 0.05) is 74.0 Å². The lowest BCUT2D eigenvalue weighted by Crippen LogP contribution is -2.50. The molecule has 4 rings (SSSR count). The molecule has 7 heteroatoms. The van der Waals surface area contributed by atoms with Crippen LogP contribution in [0.2, 0.25) is 0 Å². The van der Waals surface area contributed by atoms with E-state index in [9.17, 15) is 9.18 Å². The monoisotopic (exact) mass is 526 g/mol. The van der Waals surface area contributed by atoms with Gasteiger partial charge in [0.2, 0.25) is 5.91 Å². The SMILES string of the molecule is CC(CN1CCN(c2ccc(C(C)(C)C)cc2)CC1)C(=O)N1CCC(Nc2ccc(SCF)cc2)CC1. The van der Waals surface area contributed by atoms with Gasteiger partial charge in [0.15, 0.2) is 0 Å². The molecule has 2 aliphatic heterocycles. The molecule has 5 nitrogen and oxygen atoms in total. The molecule has 2 aromatic carbocycles. The number of halogens is 1. The van der Waals surface area contributed by atoms with Gasteiger partial charge in [-0.25, -0.2) is 4.39 Å². The van der Waals surface area contributed by atoms with Crippen molar-refractivity contribution >= 4 is 29.0 Å². The minimum atomic E-state index is -0.403. The Morgan fingerprint density at radius 3 is 2.16 bits per heavy atom. The molecule has 2 aliphatic rings. The molecule has 0 spiro atoms. The summed E-state index contributed by atoms with van der Waals surface area (Å²) in [6.45, 7) is 15.3. The number of hydrogen-bond donors (Lipinski definition) is 1. The number of rotatable bonds is 8. The zero-order valence-corrected chi connectivity index (χ0v) is 23.7. The second-order valence-corrected chi connectivity index (χ2v) is 12.5. The number of carbonyl (C=O) groups excluding carboxylic acids is 1. The van der Waals surface area contributed by atoms with Gasteiger partial charge in [0.05, 0.1) is 0 Å². The molecule has 2 aromatic rings. The zero-order chi connectivity index (χ0) is 26.4. The predicted molar refractivity (Wildman–Crippen MR) is 154 cm³/mol. The number of nitrogens with zero attached hydrogens (tertiary/aromatic N) is 3. The summed E-state index contributed by atoms with van der Waals surface area (Å²) < 4.78 is 12.5. The van der Waals surface area contributed by atoms with Crippen LogP contribution in [0, 0.1) is 5.92 Å². The molecule has 2 fully saturated rings. The van der Waals surface area contributed by atoms with Gasteiger partial charge in [-0.1, -0.05) is 51.6 Å². The van der Waals surface area contributed by atoms with E-state index >= 15 is 0 Å². The number of amides is 1. The molecule has 2 heterocycles. The molecule has 1 amide bonds. The topological polar surface area (TPSA) is 38.8 Å². The molecule has 0 saturated carbocycles. The van der Waals surface area contributed by atoms with Gasteiger partial charge in [-0.2, -0.15) is 0 Å². The highest BCUT2D eigenvalue weighted by Gasteiger charge is 2.28. The number of likely N-dealkylation sites (tertiary alicyclic amines) is 1. The maximum atomic E-state index is 13.2. The van der Waals surface area contributed by atoms with Gasteiger partial charge in [-0.3, -0.25) is 9.69 Å². The average Bonchev–Trinajstić information content (AvgIpc) is 2.90. The number of nitrogens with one attached hydrogen (secondary N) is 1. The van der Waals surface area contributed by atoms with E-state index in [0.717, 1.165) is 69.2 Å². The molecule has 1 N–H and O–H groups in total. The van der Waals surface area contributed by atoms with Gasteiger partial charge in [-0.05, 0) is 60.2 Å². The molecule has 2 saturated heterocycles. The molecule has 0 aromatic heterocycles. The second-order valence-electron chi connectivity index (χ2n) is 11.5. The fraction of sp³-hybridized carbons (Fsp3) is 0.567. The van der Waals surface area contributed by atoms with Gasteiger partial charge < -0.3 is 15.1 Å². The number of alkyl halides is 1. The number of carbonyl (C=O) groups is 1. The third-order valence-corrected chi connectivity index (χ3v) is 8.39. The Hall–Kier alpha value is -2.25. The number of anilines is 2. The van der Waals surface area contributed by atoms with Crippen LogP contribution in [0.4, 0.5) is 15.8 Å². The van der Waals surface area contributed by atoms with Crippen molar-refractivity contribution < 1.29 is 9.18 Å². The van der Waals surface area contributed by atoms with Crippen LogP contribution in [0.3, 0.4) is 0 Å². The minimum absolute atomic E-state index is 0.0164. The normalized spacial score (nSPS) is 18.6. The Balaban J connectivity index is 1.18. The standard InChI is InChI=1S/C30H43FN4OS/c1-23(21-33-17-19-34(20-18-33)27-9-5-24(6-10-27)30(2,3)4)29(36)35-15-13-26(14-16-35)32-25-7-11-28(12-8-25)37-22-31/h5-12,23,26,32H,13-22H2,1-4H3. The first-order chi connectivity index (χ1) is 17.7. The minimum Gasteiger partial charge on any atom is -0.382 e. The number of thioether (sulfide) groups is 1. The van der Waals surface area contributed by atoms with E-state index in [1.54, 1.807) is 0 Å². The lowest BCUT2D eigenvalue weighted by Gasteiger charge is -2.38. The number of piperazine rings is 1. The Kier molecular flexibility index (Phi) is 9.41. The zero-order valence-electron chi connectivity index (χ0n) is 22.9. The van der Waals surface area contributed by atoms with Crippen molar-refractivity contribution in [2.24, 2.45) is 5.92 Å². The van der Waals surface area contributed by atoms with Crippen molar-refractivity contribution in [3.63, 3.8) is 0 Å². The van der Waals surface area contributed by atoms with Crippen molar-refractivity contribution in [2.45, 2.75) is 56.9 Å². The van der Waals surface area contributed by atoms with Crippen molar-refractivity contribution in [3.8, 4) is 0 Å². The van der Waals surface area contributed by atoms with Crippen LogP contribution in [0.5, 0.6) is 0 Å². The molecule has 0 aliphatic carbocycles. The van der Waals surface area contributed by atoms with Crippen LogP contribution in [-0.2, 0) is 10.2 Å². The van der Waals surface area contributed by atoms with Crippen molar-refractivity contribution in [1.29, 1.82) is 0 Å². The lowest BCUT2D eigenvalue weighted by atomic mass is 9.87. The summed E-state index contributed by atoms with van der Waals surface area (Å²) in [5.41, 5.74) is 3.90. The summed E-state index contributed by atoms with van der Waals surface area (Å²) in [7, 11) is 0. The summed E-state index contributed by atoms with van der Waals surface area (Å²) in [6.07, 6.45) is 1.90. The van der Waals surface area contributed by atoms with Crippen LogP contribution in [0.1, 0.15) is 46.1 Å². The fourth-order valence-corrected chi connectivity index (χ4v) is 5.78. The van der Waals surface area contributed by atoms with E-state index in [0.29, 0.717) is 6.04 Å². The third kappa shape index (κ3) is 7.64. The van der Waals surface area contributed by atoms with Crippen molar-refractivity contribution in [3.05, 3.63) is 54.1 Å². The highest BCUT2D eigenvalue weighted by Crippen LogP contribution is 2.26. The summed E-state index contributed by atoms with van der Waals surface area (Å²) in [5.74, 6) is 0.300. The van der Waals surface area contributed by atoms with Crippen LogP contribution in [0.25, 0.3) is 0 Å². The van der Waals surface area contributed by atoms with E-state index in [4.69, 9.17) is 0 Å². The van der Waals surface area contributed by atoms with E-state index < -0.39 is 6.01 Å². The van der Waals surface area contributed by atoms with Gasteiger partial charge in [0.1, 0.15) is 6.01 Å². The summed E-state index contributed by atoms with van der Waals surface area (Å²) in [5, 5.41) is 3.58. The smallest absolute Gasteiger partial charge is 0.226 e. The summed E-state index contributed by atoms with van der Waals surface area (Å²) in [4.78, 5) is 21.1. The quantitative estimate of drug-likeness (QED) is 0.436. The van der Waals surface area contributed by atoms with E-state index in [1.807, 2.05) is 24.3 Å². The summed E-state index contributed by atoms with van der Waals surface area (Å²) >= 11 is 1.20. The second kappa shape index (κ2) is 12.5. The molecule has 0 radical (unpaired) electrons. The van der Waals surface area contributed by atoms with Crippen LogP contribution in [0.15, 0.2) is 53.4 Å². The van der Waals surface area contributed by atoms with Crippen LogP contribution in [-0.4, -0.2) is 73.6 Å². The van der Waals surface area contributed by atoms with Gasteiger partial charge in [-0.15, -0.1) is 0 Å². The Labute approximate surface area is 226 Å². The first kappa shape index (κ1) is 27.8. The highest BCUT2D eigenvalue weighted by atomic mass is 32.2.